The van der Waals surface area contributed by atoms with Crippen LogP contribution in [0.4, 0.5) is 0 Å². The van der Waals surface area contributed by atoms with Crippen LogP contribution in [-0.4, -0.2) is 59.4 Å². The monoisotopic (exact) mass is 337 g/mol. The normalized spacial score (nSPS) is 40.7. The summed E-state index contributed by atoms with van der Waals surface area (Å²) in [4.78, 5) is 27.5. The summed E-state index contributed by atoms with van der Waals surface area (Å²) in [6, 6.07) is -0.00656. The van der Waals surface area contributed by atoms with Crippen molar-refractivity contribution in [2.45, 2.75) is 51.9 Å². The lowest BCUT2D eigenvalue weighted by molar-refractivity contribution is -0.175. The van der Waals surface area contributed by atoms with Crippen molar-refractivity contribution in [2.75, 3.05) is 19.7 Å². The van der Waals surface area contributed by atoms with Crippen molar-refractivity contribution in [3.05, 3.63) is 11.6 Å². The molecule has 6 heteroatoms. The molecular weight excluding hydrogens is 310 g/mol. The molecule has 3 aliphatic heterocycles. The first-order valence-corrected chi connectivity index (χ1v) is 8.76. The van der Waals surface area contributed by atoms with Gasteiger partial charge in [-0.1, -0.05) is 26.8 Å². The second-order valence-electron chi connectivity index (χ2n) is 7.76. The van der Waals surface area contributed by atoms with Crippen molar-refractivity contribution in [1.82, 2.24) is 4.90 Å². The van der Waals surface area contributed by atoms with Gasteiger partial charge >= 0.3 is 11.9 Å². The standard InChI is InChI=1S/C18H27NO5/c1-10(2)14-11(3)18(4,22)17(21)23-9-12-5-7-19-8-6-13(15(12)19)24-16(14)20/h5,10-11,13-15,22H,6-9H2,1-4H3. The van der Waals surface area contributed by atoms with E-state index in [4.69, 9.17) is 9.47 Å². The summed E-state index contributed by atoms with van der Waals surface area (Å²) >= 11 is 0. The van der Waals surface area contributed by atoms with E-state index < -0.39 is 23.4 Å². The first kappa shape index (κ1) is 17.4. The molecule has 2 saturated heterocycles. The number of esters is 2. The minimum absolute atomic E-state index is 0.00656. The van der Waals surface area contributed by atoms with Gasteiger partial charge in [-0.25, -0.2) is 4.79 Å². The number of hydrogen-bond acceptors (Lipinski definition) is 6. The Bertz CT molecular complexity index is 568. The molecule has 3 rings (SSSR count). The molecule has 3 aliphatic rings. The zero-order chi connectivity index (χ0) is 17.6. The van der Waals surface area contributed by atoms with Crippen LogP contribution in [0.5, 0.6) is 0 Å². The van der Waals surface area contributed by atoms with Gasteiger partial charge in [0.25, 0.3) is 0 Å². The van der Waals surface area contributed by atoms with Crippen LogP contribution in [-0.2, 0) is 19.1 Å². The fourth-order valence-corrected chi connectivity index (χ4v) is 4.24. The molecule has 5 atom stereocenters. The van der Waals surface area contributed by atoms with Crippen LogP contribution in [0.15, 0.2) is 11.6 Å². The molecule has 1 N–H and O–H groups in total. The van der Waals surface area contributed by atoms with Gasteiger partial charge in [-0.2, -0.15) is 0 Å². The SMILES string of the molecule is CC(C)C1C(=O)OC2CCN3CC=C(COC(=O)C(C)(O)C1C)C23. The number of rotatable bonds is 1. The first-order chi connectivity index (χ1) is 11.2. The van der Waals surface area contributed by atoms with Gasteiger partial charge < -0.3 is 14.6 Å². The molecule has 0 aliphatic carbocycles. The van der Waals surface area contributed by atoms with Crippen molar-refractivity contribution in [2.24, 2.45) is 17.8 Å². The number of carbonyl (C=O) groups is 2. The quantitative estimate of drug-likeness (QED) is 0.571. The van der Waals surface area contributed by atoms with Crippen LogP contribution in [0.1, 0.15) is 34.1 Å². The molecule has 0 radical (unpaired) electrons. The highest BCUT2D eigenvalue weighted by atomic mass is 16.6. The number of nitrogens with zero attached hydrogens (tertiary/aromatic N) is 1. The van der Waals surface area contributed by atoms with E-state index in [1.165, 1.54) is 6.92 Å². The molecule has 0 bridgehead atoms. The third kappa shape index (κ3) is 2.75. The van der Waals surface area contributed by atoms with Gasteiger partial charge in [0.05, 0.1) is 12.0 Å². The lowest BCUT2D eigenvalue weighted by Crippen LogP contribution is -2.49. The van der Waals surface area contributed by atoms with E-state index in [0.29, 0.717) is 0 Å². The van der Waals surface area contributed by atoms with Crippen LogP contribution in [0.2, 0.25) is 0 Å². The molecule has 6 nitrogen and oxygen atoms in total. The van der Waals surface area contributed by atoms with E-state index in [1.54, 1.807) is 6.92 Å². The topological polar surface area (TPSA) is 76.1 Å². The van der Waals surface area contributed by atoms with Crippen molar-refractivity contribution < 1.29 is 24.2 Å². The van der Waals surface area contributed by atoms with Crippen LogP contribution < -0.4 is 0 Å². The molecule has 5 unspecified atom stereocenters. The lowest BCUT2D eigenvalue weighted by Gasteiger charge is -2.34. The van der Waals surface area contributed by atoms with Crippen molar-refractivity contribution in [1.29, 1.82) is 0 Å². The molecule has 0 saturated carbocycles. The van der Waals surface area contributed by atoms with Gasteiger partial charge in [-0.3, -0.25) is 9.69 Å². The molecule has 0 aromatic carbocycles. The molecule has 0 amide bonds. The summed E-state index contributed by atoms with van der Waals surface area (Å²) < 4.78 is 11.3. The summed E-state index contributed by atoms with van der Waals surface area (Å²) in [6.07, 6.45) is 2.62. The van der Waals surface area contributed by atoms with E-state index in [-0.39, 0.29) is 30.6 Å². The van der Waals surface area contributed by atoms with Gasteiger partial charge in [0.1, 0.15) is 12.7 Å². The number of ether oxygens (including phenoxy) is 2. The van der Waals surface area contributed by atoms with E-state index in [1.807, 2.05) is 19.9 Å². The van der Waals surface area contributed by atoms with Crippen molar-refractivity contribution in [3.63, 3.8) is 0 Å². The maximum absolute atomic E-state index is 12.8. The molecular formula is C18H27NO5. The van der Waals surface area contributed by atoms with E-state index in [2.05, 4.69) is 4.90 Å². The van der Waals surface area contributed by atoms with Gasteiger partial charge in [-0.05, 0) is 24.8 Å². The Kier molecular flexibility index (Phi) is 4.47. The molecule has 0 spiro atoms. The number of carbonyl (C=O) groups excluding carboxylic acids is 2. The molecule has 3 heterocycles. The van der Waals surface area contributed by atoms with E-state index in [9.17, 15) is 14.7 Å². The number of hydrogen-bond donors (Lipinski definition) is 1. The molecule has 0 aromatic heterocycles. The summed E-state index contributed by atoms with van der Waals surface area (Å²) in [7, 11) is 0. The average Bonchev–Trinajstić information content (AvgIpc) is 3.06. The zero-order valence-corrected chi connectivity index (χ0v) is 14.8. The molecule has 24 heavy (non-hydrogen) atoms. The summed E-state index contributed by atoms with van der Waals surface area (Å²) in [6.45, 7) is 8.75. The largest absolute Gasteiger partial charge is 0.460 e. The fourth-order valence-electron chi connectivity index (χ4n) is 4.24. The highest BCUT2D eigenvalue weighted by Crippen LogP contribution is 2.37. The van der Waals surface area contributed by atoms with E-state index >= 15 is 0 Å². The Morgan fingerprint density at radius 2 is 2.08 bits per heavy atom. The maximum Gasteiger partial charge on any atom is 0.338 e. The Balaban J connectivity index is 1.96. The molecule has 0 aromatic rings. The minimum Gasteiger partial charge on any atom is -0.460 e. The minimum atomic E-state index is -1.73. The van der Waals surface area contributed by atoms with Crippen LogP contribution in [0.3, 0.4) is 0 Å². The average molecular weight is 337 g/mol. The van der Waals surface area contributed by atoms with Crippen LogP contribution >= 0.6 is 0 Å². The van der Waals surface area contributed by atoms with Crippen molar-refractivity contribution in [3.8, 4) is 0 Å². The third-order valence-corrected chi connectivity index (χ3v) is 5.88. The predicted octanol–water partition coefficient (Wildman–Crippen LogP) is 1.13. The highest BCUT2D eigenvalue weighted by Gasteiger charge is 2.49. The Labute approximate surface area is 142 Å². The third-order valence-electron chi connectivity index (χ3n) is 5.88. The highest BCUT2D eigenvalue weighted by molar-refractivity contribution is 5.82. The molecule has 2 fully saturated rings. The van der Waals surface area contributed by atoms with Gasteiger partial charge in [-0.15, -0.1) is 0 Å². The molecule has 134 valence electrons. The Morgan fingerprint density at radius 1 is 1.38 bits per heavy atom. The van der Waals surface area contributed by atoms with Gasteiger partial charge in [0.15, 0.2) is 5.60 Å². The van der Waals surface area contributed by atoms with Gasteiger partial charge in [0.2, 0.25) is 0 Å². The Hall–Kier alpha value is -1.40. The zero-order valence-electron chi connectivity index (χ0n) is 14.8. The van der Waals surface area contributed by atoms with Gasteiger partial charge in [0, 0.05) is 19.0 Å². The van der Waals surface area contributed by atoms with Crippen LogP contribution in [0.25, 0.3) is 0 Å². The predicted molar refractivity (Wildman–Crippen MR) is 87.0 cm³/mol. The van der Waals surface area contributed by atoms with Crippen molar-refractivity contribution >= 4 is 11.9 Å². The summed E-state index contributed by atoms with van der Waals surface area (Å²) in [5, 5.41) is 10.7. The number of aliphatic hydroxyl groups is 1. The van der Waals surface area contributed by atoms with Crippen LogP contribution in [0, 0.1) is 17.8 Å². The first-order valence-electron chi connectivity index (χ1n) is 8.76. The summed E-state index contributed by atoms with van der Waals surface area (Å²) in [5.41, 5.74) is -0.767. The van der Waals surface area contributed by atoms with E-state index in [0.717, 1.165) is 25.1 Å². The lowest BCUT2D eigenvalue weighted by atomic mass is 9.75. The smallest absolute Gasteiger partial charge is 0.338 e. The summed E-state index contributed by atoms with van der Waals surface area (Å²) in [5.74, 6) is -2.21. The second kappa shape index (κ2) is 6.15. The fraction of sp³-hybridized carbons (Fsp3) is 0.778. The maximum atomic E-state index is 12.8. The number of cyclic esters (lactones) is 1. The Morgan fingerprint density at radius 3 is 2.75 bits per heavy atom. The second-order valence-corrected chi connectivity index (χ2v) is 7.76.